The molecule has 0 N–H and O–H groups in total. The molecule has 0 saturated heterocycles. The van der Waals surface area contributed by atoms with Crippen LogP contribution in [0.5, 0.6) is 23.0 Å². The van der Waals surface area contributed by atoms with Crippen LogP contribution >= 0.6 is 0 Å². The van der Waals surface area contributed by atoms with E-state index in [0.717, 1.165) is 73.3 Å². The van der Waals surface area contributed by atoms with E-state index >= 15 is 0 Å². The van der Waals surface area contributed by atoms with Crippen molar-refractivity contribution in [3.63, 3.8) is 0 Å². The molecule has 2 aliphatic heterocycles. The maximum Gasteiger partial charge on any atom is 0.260 e. The molecule has 0 fully saturated rings. The Morgan fingerprint density at radius 3 is 1.29 bits per heavy atom. The highest BCUT2D eigenvalue weighted by atomic mass is 16.5. The summed E-state index contributed by atoms with van der Waals surface area (Å²) in [6.45, 7) is 46.0. The first-order chi connectivity index (χ1) is 35.6. The van der Waals surface area contributed by atoms with E-state index in [9.17, 15) is 0 Å². The first-order valence-electron chi connectivity index (χ1n) is 27.9. The van der Waals surface area contributed by atoms with Gasteiger partial charge >= 0.3 is 0 Å². The molecule has 1 unspecified atom stereocenters. The maximum absolute atomic E-state index is 7.28. The summed E-state index contributed by atoms with van der Waals surface area (Å²) in [6, 6.07) is 50.6. The number of fused-ring (bicyclic) bond motifs is 7. The second-order valence-electron chi connectivity index (χ2n) is 27.0. The van der Waals surface area contributed by atoms with E-state index in [-0.39, 0.29) is 40.3 Å². The fourth-order valence-corrected chi connectivity index (χ4v) is 11.7. The zero-order chi connectivity index (χ0) is 54.8. The molecule has 2 atom stereocenters. The third-order valence-corrected chi connectivity index (χ3v) is 17.2. The Morgan fingerprint density at radius 1 is 0.487 bits per heavy atom. The van der Waals surface area contributed by atoms with Gasteiger partial charge in [-0.1, -0.05) is 190 Å². The normalized spacial score (nSPS) is 14.7. The quantitative estimate of drug-likeness (QED) is 0.101. The lowest BCUT2D eigenvalue weighted by molar-refractivity contribution is 0.326. The van der Waals surface area contributed by atoms with E-state index in [1.54, 1.807) is 0 Å². The number of hydrogen-bond acceptors (Lipinski definition) is 4. The summed E-state index contributed by atoms with van der Waals surface area (Å²) >= 11 is 0. The lowest BCUT2D eigenvalue weighted by Crippen LogP contribution is -2.57. The fourth-order valence-electron chi connectivity index (χ4n) is 11.7. The second-order valence-corrected chi connectivity index (χ2v) is 27.0. The zero-order valence-corrected chi connectivity index (χ0v) is 49.0. The largest absolute Gasteiger partial charge is 0.458 e. The van der Waals surface area contributed by atoms with Crippen LogP contribution in [0.2, 0.25) is 0 Å². The van der Waals surface area contributed by atoms with Crippen molar-refractivity contribution in [2.75, 3.05) is 9.80 Å². The Kier molecular flexibility index (Phi) is 12.9. The Morgan fingerprint density at radius 2 is 0.895 bits per heavy atom. The van der Waals surface area contributed by atoms with Gasteiger partial charge in [0.05, 0.1) is 33.6 Å². The SMILES string of the molecule is C=CC(C)(C(C)C)N(c1cccc2c3cccc(N(c4ccc(C(C)(C)C)cc4)c4ccc(C(C)(C)C)cc4)c3n(-c3cc4c5c(c3)Oc3ccc(C(C)(C)C)cc3B5c3cc(C(C)(C)C)ccc3O4)c12)[C@@H](C)C(C)C. The van der Waals surface area contributed by atoms with E-state index in [2.05, 4.69) is 285 Å². The summed E-state index contributed by atoms with van der Waals surface area (Å²) in [5.41, 5.74) is 15.6. The molecule has 6 heteroatoms. The third-order valence-electron chi connectivity index (χ3n) is 17.2. The summed E-state index contributed by atoms with van der Waals surface area (Å²) < 4.78 is 17.1. The van der Waals surface area contributed by atoms with Gasteiger partial charge in [0, 0.05) is 45.8 Å². The third kappa shape index (κ3) is 8.92. The molecule has 5 nitrogen and oxygen atoms in total. The smallest absolute Gasteiger partial charge is 0.260 e. The molecular weight excluding hydrogens is 926 g/mol. The topological polar surface area (TPSA) is 29.9 Å². The summed E-state index contributed by atoms with van der Waals surface area (Å²) in [6.07, 6.45) is 2.17. The van der Waals surface area contributed by atoms with Gasteiger partial charge in [0.25, 0.3) is 6.71 Å². The first kappa shape index (κ1) is 52.8. The molecule has 0 spiro atoms. The minimum atomic E-state index is -0.399. The number of para-hydroxylation sites is 2. The molecule has 0 aliphatic carbocycles. The van der Waals surface area contributed by atoms with Gasteiger partial charge in [-0.2, -0.15) is 0 Å². The highest BCUT2D eigenvalue weighted by molar-refractivity contribution is 6.98. The maximum atomic E-state index is 7.28. The molecule has 8 aromatic rings. The van der Waals surface area contributed by atoms with Gasteiger partial charge in [-0.05, 0) is 129 Å². The summed E-state index contributed by atoms with van der Waals surface area (Å²) in [4.78, 5) is 5.13. The minimum absolute atomic E-state index is 0.00382. The lowest BCUT2D eigenvalue weighted by atomic mass is 9.34. The Balaban J connectivity index is 1.34. The van der Waals surface area contributed by atoms with Gasteiger partial charge in [-0.3, -0.25) is 0 Å². The Hall–Kier alpha value is -6.66. The number of ether oxygens (including phenoxy) is 2. The van der Waals surface area contributed by atoms with Crippen molar-refractivity contribution in [2.24, 2.45) is 11.8 Å². The number of hydrogen-bond donors (Lipinski definition) is 0. The summed E-state index contributed by atoms with van der Waals surface area (Å²) in [5.74, 6) is 3.97. The van der Waals surface area contributed by atoms with Crippen LogP contribution in [0.15, 0.2) is 146 Å². The number of nitrogens with zero attached hydrogens (tertiary/aromatic N) is 3. The lowest BCUT2D eigenvalue weighted by Gasteiger charge is -2.49. The predicted octanol–water partition coefficient (Wildman–Crippen LogP) is 17.6. The van der Waals surface area contributed by atoms with Crippen molar-refractivity contribution in [1.29, 1.82) is 0 Å². The standard InChI is InChI=1S/C70H82BN3O2/c1-20-70(19,44(4)5)74(45(6)43(2)3)58-26-22-24-54-53-23-21-25-57(72(50-33-27-46(28-34-50)66(7,8)9)51-35-29-47(30-36-51)67(10,11)12)64(53)73(65(54)58)52-41-61-63-62(42-52)76-60-38-32-49(69(16,17)18)40-56(60)71(63)55-39-48(68(13,14)15)31-37-59(55)75-61/h20-45H,1H2,2-19H3/t45-,70?/m0/s1. The number of aromatic nitrogens is 1. The van der Waals surface area contributed by atoms with E-state index in [1.165, 1.54) is 38.6 Å². The Labute approximate surface area is 456 Å². The van der Waals surface area contributed by atoms with Gasteiger partial charge in [-0.15, -0.1) is 6.58 Å². The zero-order valence-electron chi connectivity index (χ0n) is 49.0. The first-order valence-corrected chi connectivity index (χ1v) is 27.9. The highest BCUT2D eigenvalue weighted by Crippen LogP contribution is 2.49. The second kappa shape index (κ2) is 18.5. The Bertz CT molecular complexity index is 3390. The van der Waals surface area contributed by atoms with Crippen LogP contribution in [0.25, 0.3) is 27.5 Å². The molecule has 0 amide bonds. The van der Waals surface area contributed by atoms with Crippen LogP contribution in [-0.2, 0) is 21.7 Å². The average molecular weight is 1010 g/mol. The van der Waals surface area contributed by atoms with Gasteiger partial charge in [0.1, 0.15) is 23.0 Å². The van der Waals surface area contributed by atoms with Crippen LogP contribution in [0.4, 0.5) is 22.7 Å². The molecule has 392 valence electrons. The van der Waals surface area contributed by atoms with Crippen LogP contribution in [-0.4, -0.2) is 22.9 Å². The molecule has 1 aromatic heterocycles. The molecule has 0 saturated carbocycles. The molecule has 7 aromatic carbocycles. The molecular formula is C70H82BN3O2. The molecule has 10 rings (SSSR count). The van der Waals surface area contributed by atoms with Crippen molar-refractivity contribution in [2.45, 2.75) is 158 Å². The summed E-state index contributed by atoms with van der Waals surface area (Å²) in [5, 5.41) is 2.33. The van der Waals surface area contributed by atoms with Crippen LogP contribution in [0, 0.1) is 11.8 Å². The average Bonchev–Trinajstić information content (AvgIpc) is 3.71. The number of rotatable bonds is 10. The van der Waals surface area contributed by atoms with E-state index in [1.807, 2.05) is 0 Å². The van der Waals surface area contributed by atoms with Crippen LogP contribution < -0.4 is 35.7 Å². The highest BCUT2D eigenvalue weighted by Gasteiger charge is 2.43. The van der Waals surface area contributed by atoms with Crippen LogP contribution in [0.1, 0.15) is 147 Å². The monoisotopic (exact) mass is 1010 g/mol. The van der Waals surface area contributed by atoms with Gasteiger partial charge < -0.3 is 23.8 Å². The van der Waals surface area contributed by atoms with Crippen molar-refractivity contribution >= 4 is 67.7 Å². The predicted molar refractivity (Wildman–Crippen MR) is 328 cm³/mol. The minimum Gasteiger partial charge on any atom is -0.458 e. The van der Waals surface area contributed by atoms with Crippen molar-refractivity contribution in [3.8, 4) is 28.7 Å². The van der Waals surface area contributed by atoms with Gasteiger partial charge in [-0.25, -0.2) is 0 Å². The molecule has 76 heavy (non-hydrogen) atoms. The van der Waals surface area contributed by atoms with E-state index in [0.29, 0.717) is 5.92 Å². The van der Waals surface area contributed by atoms with E-state index < -0.39 is 5.54 Å². The van der Waals surface area contributed by atoms with Crippen molar-refractivity contribution in [3.05, 3.63) is 168 Å². The number of anilines is 4. The van der Waals surface area contributed by atoms with Gasteiger partial charge in [0.2, 0.25) is 0 Å². The van der Waals surface area contributed by atoms with Crippen molar-refractivity contribution in [1.82, 2.24) is 4.57 Å². The van der Waals surface area contributed by atoms with Crippen molar-refractivity contribution < 1.29 is 9.47 Å². The fraction of sp³-hybridized carbons (Fsp3) is 0.371. The molecule has 0 radical (unpaired) electrons. The van der Waals surface area contributed by atoms with E-state index in [4.69, 9.17) is 9.47 Å². The molecule has 2 aliphatic rings. The molecule has 0 bridgehead atoms. The van der Waals surface area contributed by atoms with Gasteiger partial charge in [0.15, 0.2) is 0 Å². The van der Waals surface area contributed by atoms with Crippen LogP contribution in [0.3, 0.4) is 0 Å². The molecule has 3 heterocycles. The summed E-state index contributed by atoms with van der Waals surface area (Å²) in [7, 11) is 0. The number of benzene rings is 7.